The van der Waals surface area contributed by atoms with Crippen LogP contribution >= 0.6 is 0 Å². The summed E-state index contributed by atoms with van der Waals surface area (Å²) in [5.74, 6) is -0.292. The molecule has 120 valence electrons. The Morgan fingerprint density at radius 2 is 1.83 bits per heavy atom. The van der Waals surface area contributed by atoms with Crippen LogP contribution in [-0.4, -0.2) is 30.8 Å². The van der Waals surface area contributed by atoms with Crippen LogP contribution in [-0.2, 0) is 9.59 Å². The van der Waals surface area contributed by atoms with Crippen molar-refractivity contribution in [3.63, 3.8) is 0 Å². The molecule has 3 rings (SSSR count). The van der Waals surface area contributed by atoms with Gasteiger partial charge in [-0.25, -0.2) is 0 Å². The van der Waals surface area contributed by atoms with Crippen LogP contribution in [0.3, 0.4) is 0 Å². The lowest BCUT2D eigenvalue weighted by molar-refractivity contribution is -0.114. The minimum absolute atomic E-state index is 0.120. The number of carbonyl (C=O) groups excluding carboxylic acids is 2. The van der Waals surface area contributed by atoms with E-state index in [9.17, 15) is 9.59 Å². The molecule has 0 aromatic heterocycles. The predicted octanol–water partition coefficient (Wildman–Crippen LogP) is 2.44. The van der Waals surface area contributed by atoms with E-state index in [-0.39, 0.29) is 11.8 Å². The standard InChI is InChI=1S/C18H16N4O2/c1-12(23)20-14-9-7-13(8-10-14)11-19-21-17-15-5-3-4-6-16(15)22(2)18(17)24/h3-11H,1-2H3,(H,20,23)/b19-11+,21-17+. The fourth-order valence-corrected chi connectivity index (χ4v) is 2.46. The molecule has 2 amide bonds. The topological polar surface area (TPSA) is 74.1 Å². The van der Waals surface area contributed by atoms with Gasteiger partial charge in [0, 0.05) is 25.2 Å². The normalized spacial score (nSPS) is 15.2. The molecule has 2 aromatic rings. The molecule has 0 aliphatic carbocycles. The molecule has 0 fully saturated rings. The Morgan fingerprint density at radius 1 is 1.12 bits per heavy atom. The molecule has 1 heterocycles. The Labute approximate surface area is 139 Å². The molecule has 0 radical (unpaired) electrons. The number of carbonyl (C=O) groups is 2. The lowest BCUT2D eigenvalue weighted by Gasteiger charge is -2.07. The number of nitrogens with zero attached hydrogens (tertiary/aromatic N) is 3. The van der Waals surface area contributed by atoms with Crippen molar-refractivity contribution in [3.05, 3.63) is 59.7 Å². The minimum Gasteiger partial charge on any atom is -0.326 e. The van der Waals surface area contributed by atoms with Crippen molar-refractivity contribution in [1.82, 2.24) is 0 Å². The highest BCUT2D eigenvalue weighted by Crippen LogP contribution is 2.27. The van der Waals surface area contributed by atoms with Crippen molar-refractivity contribution in [3.8, 4) is 0 Å². The molecular weight excluding hydrogens is 304 g/mol. The molecule has 0 saturated heterocycles. The highest BCUT2D eigenvalue weighted by atomic mass is 16.2. The van der Waals surface area contributed by atoms with Crippen LogP contribution in [0.2, 0.25) is 0 Å². The highest BCUT2D eigenvalue weighted by Gasteiger charge is 2.30. The van der Waals surface area contributed by atoms with Gasteiger partial charge in [0.05, 0.1) is 11.9 Å². The van der Waals surface area contributed by atoms with E-state index in [0.717, 1.165) is 16.8 Å². The fourth-order valence-electron chi connectivity index (χ4n) is 2.46. The predicted molar refractivity (Wildman–Crippen MR) is 94.7 cm³/mol. The Balaban J connectivity index is 1.79. The van der Waals surface area contributed by atoms with Crippen LogP contribution in [0.25, 0.3) is 0 Å². The smallest absolute Gasteiger partial charge is 0.279 e. The maximum absolute atomic E-state index is 12.2. The van der Waals surface area contributed by atoms with Gasteiger partial charge in [0.25, 0.3) is 5.91 Å². The minimum atomic E-state index is -0.172. The van der Waals surface area contributed by atoms with E-state index in [1.165, 1.54) is 6.92 Å². The summed E-state index contributed by atoms with van der Waals surface area (Å²) in [7, 11) is 1.72. The van der Waals surface area contributed by atoms with Gasteiger partial charge in [-0.3, -0.25) is 9.59 Å². The summed E-state index contributed by atoms with van der Waals surface area (Å²) in [5.41, 5.74) is 3.48. The first-order valence-corrected chi connectivity index (χ1v) is 7.42. The van der Waals surface area contributed by atoms with Crippen molar-refractivity contribution in [1.29, 1.82) is 0 Å². The third kappa shape index (κ3) is 3.08. The van der Waals surface area contributed by atoms with Crippen molar-refractivity contribution < 1.29 is 9.59 Å². The van der Waals surface area contributed by atoms with E-state index in [1.54, 1.807) is 30.3 Å². The van der Waals surface area contributed by atoms with Gasteiger partial charge in [0.15, 0.2) is 5.71 Å². The lowest BCUT2D eigenvalue weighted by Crippen LogP contribution is -2.25. The SMILES string of the molecule is CC(=O)Nc1ccc(/C=N/N=C2/C(=O)N(C)c3ccccc32)cc1. The van der Waals surface area contributed by atoms with E-state index in [4.69, 9.17) is 0 Å². The maximum Gasteiger partial charge on any atom is 0.279 e. The zero-order valence-electron chi connectivity index (χ0n) is 13.4. The Hall–Kier alpha value is -3.28. The van der Waals surface area contributed by atoms with Gasteiger partial charge in [0.1, 0.15) is 0 Å². The molecule has 0 atom stereocenters. The average Bonchev–Trinajstić information content (AvgIpc) is 2.81. The lowest BCUT2D eigenvalue weighted by atomic mass is 10.1. The second kappa shape index (κ2) is 6.45. The Kier molecular flexibility index (Phi) is 4.20. The third-order valence-electron chi connectivity index (χ3n) is 3.62. The number of amides is 2. The van der Waals surface area contributed by atoms with E-state index in [1.807, 2.05) is 36.4 Å². The summed E-state index contributed by atoms with van der Waals surface area (Å²) in [6.45, 7) is 1.46. The molecule has 6 nitrogen and oxygen atoms in total. The average molecular weight is 320 g/mol. The second-order valence-electron chi connectivity index (χ2n) is 5.38. The molecule has 1 aliphatic heterocycles. The van der Waals surface area contributed by atoms with E-state index in [0.29, 0.717) is 11.4 Å². The molecule has 24 heavy (non-hydrogen) atoms. The molecular formula is C18H16N4O2. The summed E-state index contributed by atoms with van der Waals surface area (Å²) in [6, 6.07) is 14.7. The first-order valence-electron chi connectivity index (χ1n) is 7.42. The van der Waals surface area contributed by atoms with Crippen LogP contribution in [0.1, 0.15) is 18.1 Å². The Bertz CT molecular complexity index is 854. The van der Waals surface area contributed by atoms with Crippen molar-refractivity contribution >= 4 is 35.1 Å². The summed E-state index contributed by atoms with van der Waals surface area (Å²) in [5, 5.41) is 10.8. The van der Waals surface area contributed by atoms with Gasteiger partial charge in [-0.1, -0.05) is 30.3 Å². The zero-order chi connectivity index (χ0) is 17.1. The number of para-hydroxylation sites is 1. The molecule has 1 aliphatic rings. The number of rotatable bonds is 3. The van der Waals surface area contributed by atoms with E-state index in [2.05, 4.69) is 15.5 Å². The molecule has 0 saturated carbocycles. The molecule has 0 bridgehead atoms. The second-order valence-corrected chi connectivity index (χ2v) is 5.38. The first-order chi connectivity index (χ1) is 11.6. The number of benzene rings is 2. The number of hydrogen-bond acceptors (Lipinski definition) is 4. The van der Waals surface area contributed by atoms with Crippen LogP contribution < -0.4 is 10.2 Å². The van der Waals surface area contributed by atoms with Crippen molar-refractivity contribution in [2.75, 3.05) is 17.3 Å². The van der Waals surface area contributed by atoms with Crippen LogP contribution in [0.5, 0.6) is 0 Å². The molecule has 0 spiro atoms. The van der Waals surface area contributed by atoms with Crippen molar-refractivity contribution in [2.24, 2.45) is 10.2 Å². The monoisotopic (exact) mass is 320 g/mol. The summed E-state index contributed by atoms with van der Waals surface area (Å²) < 4.78 is 0. The van der Waals surface area contributed by atoms with Crippen LogP contribution in [0.4, 0.5) is 11.4 Å². The number of hydrogen-bond donors (Lipinski definition) is 1. The van der Waals surface area contributed by atoms with E-state index >= 15 is 0 Å². The van der Waals surface area contributed by atoms with Gasteiger partial charge in [-0.15, -0.1) is 5.10 Å². The number of nitrogens with one attached hydrogen (secondary N) is 1. The molecule has 1 N–H and O–H groups in total. The fraction of sp³-hybridized carbons (Fsp3) is 0.111. The Morgan fingerprint density at radius 3 is 2.54 bits per heavy atom. The third-order valence-corrected chi connectivity index (χ3v) is 3.62. The molecule has 0 unspecified atom stereocenters. The van der Waals surface area contributed by atoms with Crippen LogP contribution in [0.15, 0.2) is 58.7 Å². The first kappa shape index (κ1) is 15.6. The van der Waals surface area contributed by atoms with Crippen LogP contribution in [0, 0.1) is 0 Å². The number of anilines is 2. The molecule has 6 heteroatoms. The largest absolute Gasteiger partial charge is 0.326 e. The van der Waals surface area contributed by atoms with Gasteiger partial charge >= 0.3 is 0 Å². The zero-order valence-corrected chi connectivity index (χ0v) is 13.4. The number of fused-ring (bicyclic) bond motifs is 1. The number of likely N-dealkylation sites (N-methyl/N-ethyl adjacent to an activating group) is 1. The van der Waals surface area contributed by atoms with Gasteiger partial charge in [-0.05, 0) is 23.8 Å². The van der Waals surface area contributed by atoms with Gasteiger partial charge < -0.3 is 10.2 Å². The molecule has 2 aromatic carbocycles. The highest BCUT2D eigenvalue weighted by molar-refractivity contribution is 6.54. The summed E-state index contributed by atoms with van der Waals surface area (Å²) >= 11 is 0. The van der Waals surface area contributed by atoms with Gasteiger partial charge in [0.2, 0.25) is 5.91 Å². The summed E-state index contributed by atoms with van der Waals surface area (Å²) in [6.07, 6.45) is 1.57. The quantitative estimate of drug-likeness (QED) is 0.697. The maximum atomic E-state index is 12.2. The van der Waals surface area contributed by atoms with Gasteiger partial charge in [-0.2, -0.15) is 5.10 Å². The van der Waals surface area contributed by atoms with E-state index < -0.39 is 0 Å². The van der Waals surface area contributed by atoms with Crippen molar-refractivity contribution in [2.45, 2.75) is 6.92 Å². The summed E-state index contributed by atoms with van der Waals surface area (Å²) in [4.78, 5) is 24.8.